The van der Waals surface area contributed by atoms with Crippen LogP contribution in [0.3, 0.4) is 0 Å². The number of hydrogen-bond donors (Lipinski definition) is 1. The molecule has 0 aromatic heterocycles. The van der Waals surface area contributed by atoms with Crippen LogP contribution in [0.1, 0.15) is 45.4 Å². The van der Waals surface area contributed by atoms with E-state index in [-0.39, 0.29) is 23.0 Å². The number of carbonyl (C=O) groups excluding carboxylic acids is 1. The van der Waals surface area contributed by atoms with Crippen LogP contribution in [0.25, 0.3) is 0 Å². The topological polar surface area (TPSA) is 54.4 Å². The first-order valence-corrected chi connectivity index (χ1v) is 5.80. The molecule has 84 valence electrons. The zero-order valence-electron chi connectivity index (χ0n) is 9.16. The van der Waals surface area contributed by atoms with Crippen molar-refractivity contribution in [1.29, 1.82) is 0 Å². The molecule has 0 radical (unpaired) electrons. The van der Waals surface area contributed by atoms with Crippen molar-refractivity contribution in [2.24, 2.45) is 17.3 Å². The summed E-state index contributed by atoms with van der Waals surface area (Å²) in [5.74, 6) is -0.710. The van der Waals surface area contributed by atoms with Crippen LogP contribution in [0.4, 0.5) is 0 Å². The molecule has 3 nitrogen and oxygen atoms in total. The first-order chi connectivity index (χ1) is 7.05. The van der Waals surface area contributed by atoms with Gasteiger partial charge in [0.2, 0.25) is 0 Å². The van der Waals surface area contributed by atoms with E-state index in [2.05, 4.69) is 0 Å². The molecule has 2 atom stereocenters. The van der Waals surface area contributed by atoms with E-state index >= 15 is 0 Å². The Morgan fingerprint density at radius 2 is 2.00 bits per heavy atom. The number of carboxylic acid groups (broad SMARTS) is 1. The summed E-state index contributed by atoms with van der Waals surface area (Å²) in [4.78, 5) is 22.9. The van der Waals surface area contributed by atoms with Gasteiger partial charge in [-0.2, -0.15) is 0 Å². The van der Waals surface area contributed by atoms with Gasteiger partial charge in [0.15, 0.2) is 0 Å². The molecule has 0 bridgehead atoms. The highest BCUT2D eigenvalue weighted by molar-refractivity contribution is 5.84. The summed E-state index contributed by atoms with van der Waals surface area (Å²) in [7, 11) is 0. The number of ketones is 1. The van der Waals surface area contributed by atoms with Crippen LogP contribution in [0.5, 0.6) is 0 Å². The Kier molecular flexibility index (Phi) is 2.57. The number of rotatable bonds is 1. The van der Waals surface area contributed by atoms with Crippen molar-refractivity contribution in [2.45, 2.75) is 45.4 Å². The predicted octanol–water partition coefficient (Wildman–Crippen LogP) is 2.25. The van der Waals surface area contributed by atoms with E-state index in [0.717, 1.165) is 25.7 Å². The molecule has 1 N–H and O–H groups in total. The monoisotopic (exact) mass is 210 g/mol. The third-order valence-electron chi connectivity index (χ3n) is 4.19. The molecule has 2 saturated carbocycles. The van der Waals surface area contributed by atoms with Gasteiger partial charge < -0.3 is 5.11 Å². The van der Waals surface area contributed by atoms with Gasteiger partial charge >= 0.3 is 5.97 Å². The molecule has 0 aromatic rings. The van der Waals surface area contributed by atoms with Crippen molar-refractivity contribution in [3.8, 4) is 0 Å². The van der Waals surface area contributed by atoms with Crippen molar-refractivity contribution in [3.63, 3.8) is 0 Å². The third kappa shape index (κ3) is 1.68. The van der Waals surface area contributed by atoms with Gasteiger partial charge in [-0.15, -0.1) is 0 Å². The summed E-state index contributed by atoms with van der Waals surface area (Å²) in [5.41, 5.74) is -0.194. The molecule has 2 rings (SSSR count). The minimum atomic E-state index is -0.697. The number of Topliss-reactive ketones (excluding diaryl/α,β-unsaturated/α-hetero) is 1. The van der Waals surface area contributed by atoms with Crippen LogP contribution in [0, 0.1) is 17.3 Å². The van der Waals surface area contributed by atoms with Gasteiger partial charge in [0, 0.05) is 12.8 Å². The van der Waals surface area contributed by atoms with Gasteiger partial charge in [-0.3, -0.25) is 9.59 Å². The molecule has 0 aromatic carbocycles. The highest BCUT2D eigenvalue weighted by Crippen LogP contribution is 2.53. The standard InChI is InChI=1S/C12H18O3/c1-8-6-9(13)7-12(4-2-3-5-12)10(8)11(14)15/h8,10H,2-7H2,1H3,(H,14,15). The molecule has 2 aliphatic rings. The SMILES string of the molecule is CC1CC(=O)CC2(CCCC2)C1C(=O)O. The maximum absolute atomic E-state index is 11.6. The lowest BCUT2D eigenvalue weighted by Crippen LogP contribution is -2.44. The number of carbonyl (C=O) groups is 2. The minimum absolute atomic E-state index is 0.0156. The second-order valence-electron chi connectivity index (χ2n) is 5.28. The van der Waals surface area contributed by atoms with Gasteiger partial charge in [0.05, 0.1) is 5.92 Å². The second-order valence-corrected chi connectivity index (χ2v) is 5.28. The maximum Gasteiger partial charge on any atom is 0.307 e. The van der Waals surface area contributed by atoms with Gasteiger partial charge in [0.25, 0.3) is 0 Å². The Morgan fingerprint density at radius 3 is 2.53 bits per heavy atom. The van der Waals surface area contributed by atoms with Crippen LogP contribution < -0.4 is 0 Å². The van der Waals surface area contributed by atoms with E-state index in [4.69, 9.17) is 0 Å². The van der Waals surface area contributed by atoms with E-state index in [9.17, 15) is 14.7 Å². The first kappa shape index (κ1) is 10.7. The molecule has 0 heterocycles. The summed E-state index contributed by atoms with van der Waals surface area (Å²) in [6.45, 7) is 1.91. The first-order valence-electron chi connectivity index (χ1n) is 5.80. The second kappa shape index (κ2) is 3.62. The van der Waals surface area contributed by atoms with Crippen LogP contribution in [0.15, 0.2) is 0 Å². The quantitative estimate of drug-likeness (QED) is 0.722. The summed E-state index contributed by atoms with van der Waals surface area (Å²) >= 11 is 0. The van der Waals surface area contributed by atoms with Crippen molar-refractivity contribution in [1.82, 2.24) is 0 Å². The lowest BCUT2D eigenvalue weighted by molar-refractivity contribution is -0.154. The largest absolute Gasteiger partial charge is 0.481 e. The number of aliphatic carboxylic acids is 1. The minimum Gasteiger partial charge on any atom is -0.481 e. The van der Waals surface area contributed by atoms with Gasteiger partial charge in [0.1, 0.15) is 5.78 Å². The van der Waals surface area contributed by atoms with E-state index in [1.807, 2.05) is 6.92 Å². The highest BCUT2D eigenvalue weighted by atomic mass is 16.4. The molecular weight excluding hydrogens is 192 g/mol. The maximum atomic E-state index is 11.6. The molecule has 2 unspecified atom stereocenters. The summed E-state index contributed by atoms with van der Waals surface area (Å²) in [5, 5.41) is 9.31. The Labute approximate surface area is 89.9 Å². The molecule has 1 spiro atoms. The van der Waals surface area contributed by atoms with Gasteiger partial charge in [-0.05, 0) is 24.2 Å². The molecule has 2 aliphatic carbocycles. The van der Waals surface area contributed by atoms with Crippen LogP contribution >= 0.6 is 0 Å². The van der Waals surface area contributed by atoms with E-state index in [1.165, 1.54) is 0 Å². The lowest BCUT2D eigenvalue weighted by atomic mass is 9.61. The number of carboxylic acids is 1. The van der Waals surface area contributed by atoms with Crippen LogP contribution in [-0.2, 0) is 9.59 Å². The third-order valence-corrected chi connectivity index (χ3v) is 4.19. The lowest BCUT2D eigenvalue weighted by Gasteiger charge is -2.41. The molecule has 0 aliphatic heterocycles. The Morgan fingerprint density at radius 1 is 1.40 bits per heavy atom. The zero-order valence-corrected chi connectivity index (χ0v) is 9.16. The molecule has 0 amide bonds. The van der Waals surface area contributed by atoms with Gasteiger partial charge in [-0.1, -0.05) is 19.8 Å². The van der Waals surface area contributed by atoms with E-state index < -0.39 is 5.97 Å². The normalized spacial score (nSPS) is 34.6. The Hall–Kier alpha value is -0.860. The number of hydrogen-bond acceptors (Lipinski definition) is 2. The van der Waals surface area contributed by atoms with Crippen molar-refractivity contribution in [2.75, 3.05) is 0 Å². The molecular formula is C12H18O3. The highest BCUT2D eigenvalue weighted by Gasteiger charge is 2.51. The van der Waals surface area contributed by atoms with Gasteiger partial charge in [-0.25, -0.2) is 0 Å². The molecule has 15 heavy (non-hydrogen) atoms. The van der Waals surface area contributed by atoms with E-state index in [0.29, 0.717) is 12.8 Å². The smallest absolute Gasteiger partial charge is 0.307 e. The molecule has 0 saturated heterocycles. The zero-order chi connectivity index (χ0) is 11.1. The molecule has 3 heteroatoms. The predicted molar refractivity (Wildman–Crippen MR) is 55.4 cm³/mol. The van der Waals surface area contributed by atoms with Crippen molar-refractivity contribution in [3.05, 3.63) is 0 Å². The average Bonchev–Trinajstić information content (AvgIpc) is 2.50. The summed E-state index contributed by atoms with van der Waals surface area (Å²) in [6, 6.07) is 0. The summed E-state index contributed by atoms with van der Waals surface area (Å²) < 4.78 is 0. The summed E-state index contributed by atoms with van der Waals surface area (Å²) in [6.07, 6.45) is 5.00. The fraction of sp³-hybridized carbons (Fsp3) is 0.833. The van der Waals surface area contributed by atoms with Crippen molar-refractivity contribution < 1.29 is 14.7 Å². The van der Waals surface area contributed by atoms with Crippen molar-refractivity contribution >= 4 is 11.8 Å². The Balaban J connectivity index is 2.30. The average molecular weight is 210 g/mol. The fourth-order valence-corrected chi connectivity index (χ4v) is 3.73. The Bertz CT molecular complexity index is 289. The fourth-order valence-electron chi connectivity index (χ4n) is 3.73. The van der Waals surface area contributed by atoms with Crippen LogP contribution in [0.2, 0.25) is 0 Å². The van der Waals surface area contributed by atoms with Crippen LogP contribution in [-0.4, -0.2) is 16.9 Å². The molecule has 2 fully saturated rings. The van der Waals surface area contributed by atoms with E-state index in [1.54, 1.807) is 0 Å².